The number of thiazole rings is 1. The lowest BCUT2D eigenvalue weighted by Crippen LogP contribution is -2.41. The van der Waals surface area contributed by atoms with E-state index >= 15 is 0 Å². The number of aromatic nitrogens is 1. The van der Waals surface area contributed by atoms with Crippen LogP contribution in [-0.2, 0) is 16.0 Å². The number of Topliss-reactive ketones (excluding diaryl/α,β-unsaturated/α-hetero) is 1. The summed E-state index contributed by atoms with van der Waals surface area (Å²) in [5.74, 6) is 0.200. The lowest BCUT2D eigenvalue weighted by Gasteiger charge is -2.29. The van der Waals surface area contributed by atoms with Gasteiger partial charge in [0.2, 0.25) is 0 Å². The Bertz CT molecular complexity index is 594. The molecular weight excluding hydrogens is 282 g/mol. The first-order valence-corrected chi connectivity index (χ1v) is 8.48. The van der Waals surface area contributed by atoms with Crippen LogP contribution in [0.4, 0.5) is 0 Å². The third-order valence-corrected chi connectivity index (χ3v) is 5.50. The Balaban J connectivity index is 1.80. The summed E-state index contributed by atoms with van der Waals surface area (Å²) < 4.78 is 6.84. The van der Waals surface area contributed by atoms with E-state index in [1.807, 2.05) is 18.2 Å². The highest BCUT2D eigenvalue weighted by atomic mass is 32.1. The maximum absolute atomic E-state index is 12.8. The van der Waals surface area contributed by atoms with Crippen molar-refractivity contribution in [3.8, 4) is 0 Å². The Hall–Kier alpha value is -1.26. The van der Waals surface area contributed by atoms with Crippen LogP contribution < -0.4 is 0 Å². The molecule has 3 nitrogen and oxygen atoms in total. The summed E-state index contributed by atoms with van der Waals surface area (Å²) in [6.07, 6.45) is 6.69. The number of ketones is 1. The van der Waals surface area contributed by atoms with E-state index in [9.17, 15) is 4.79 Å². The molecule has 1 aliphatic carbocycles. The number of para-hydroxylation sites is 1. The number of ether oxygens (including phenoxy) is 1. The number of carbonyl (C=O) groups excluding carboxylic acids is 1. The lowest BCUT2D eigenvalue weighted by atomic mass is 9.88. The van der Waals surface area contributed by atoms with Crippen LogP contribution in [0.1, 0.15) is 43.5 Å². The van der Waals surface area contributed by atoms with Crippen LogP contribution in [0.5, 0.6) is 0 Å². The molecule has 1 heterocycles. The maximum atomic E-state index is 12.8. The second-order valence-corrected chi connectivity index (χ2v) is 6.90. The molecule has 0 radical (unpaired) electrons. The van der Waals surface area contributed by atoms with Crippen LogP contribution in [0.25, 0.3) is 10.2 Å². The summed E-state index contributed by atoms with van der Waals surface area (Å²) in [6.45, 7) is 0. The predicted molar refractivity (Wildman–Crippen MR) is 85.8 cm³/mol. The fourth-order valence-electron chi connectivity index (χ4n) is 3.19. The van der Waals surface area contributed by atoms with Gasteiger partial charge in [0, 0.05) is 7.11 Å². The van der Waals surface area contributed by atoms with Crippen molar-refractivity contribution < 1.29 is 9.53 Å². The van der Waals surface area contributed by atoms with Gasteiger partial charge in [0.25, 0.3) is 0 Å². The summed E-state index contributed by atoms with van der Waals surface area (Å²) in [6, 6.07) is 8.04. The number of hydrogen-bond donors (Lipinski definition) is 0. The van der Waals surface area contributed by atoms with Crippen LogP contribution >= 0.6 is 11.3 Å². The molecule has 4 heteroatoms. The molecule has 1 aliphatic rings. The second-order valence-electron chi connectivity index (χ2n) is 5.79. The van der Waals surface area contributed by atoms with E-state index in [4.69, 9.17) is 4.74 Å². The van der Waals surface area contributed by atoms with Crippen molar-refractivity contribution in [1.82, 2.24) is 4.98 Å². The number of nitrogens with zero attached hydrogens (tertiary/aromatic N) is 1. The molecule has 0 saturated heterocycles. The molecule has 3 rings (SSSR count). The zero-order chi connectivity index (χ0) is 14.7. The Morgan fingerprint density at radius 1 is 1.24 bits per heavy atom. The Kier molecular flexibility index (Phi) is 4.36. The maximum Gasteiger partial charge on any atom is 0.171 e. The Labute approximate surface area is 129 Å². The summed E-state index contributed by atoms with van der Waals surface area (Å²) in [7, 11) is 1.68. The van der Waals surface area contributed by atoms with Crippen LogP contribution in [0, 0.1) is 0 Å². The first kappa shape index (κ1) is 14.7. The van der Waals surface area contributed by atoms with Crippen molar-refractivity contribution in [1.29, 1.82) is 0 Å². The normalized spacial score (nSPS) is 18.5. The van der Waals surface area contributed by atoms with Gasteiger partial charge in [0.15, 0.2) is 5.78 Å². The van der Waals surface area contributed by atoms with E-state index in [-0.39, 0.29) is 5.78 Å². The van der Waals surface area contributed by atoms with Crippen LogP contribution in [0.3, 0.4) is 0 Å². The summed E-state index contributed by atoms with van der Waals surface area (Å²) in [5.41, 5.74) is 0.409. The minimum absolute atomic E-state index is 0.200. The number of benzene rings is 1. The highest BCUT2D eigenvalue weighted by molar-refractivity contribution is 7.18. The molecule has 1 aromatic carbocycles. The SMILES string of the molecule is COC1(C(=O)Cc2nc3ccccc3s2)CCCCCC1. The van der Waals surface area contributed by atoms with Gasteiger partial charge in [0.05, 0.1) is 16.6 Å². The minimum atomic E-state index is -0.575. The molecule has 1 aromatic heterocycles. The standard InChI is InChI=1S/C17H21NO2S/c1-20-17(10-6-2-3-7-11-17)15(19)12-16-18-13-8-4-5-9-14(13)21-16/h4-5,8-9H,2-3,6-7,10-12H2,1H3. The van der Waals surface area contributed by atoms with Gasteiger partial charge in [-0.15, -0.1) is 11.3 Å². The van der Waals surface area contributed by atoms with Crippen LogP contribution in [0.2, 0.25) is 0 Å². The van der Waals surface area contributed by atoms with Gasteiger partial charge in [-0.1, -0.05) is 37.8 Å². The van der Waals surface area contributed by atoms with Gasteiger partial charge in [-0.3, -0.25) is 4.79 Å². The monoisotopic (exact) mass is 303 g/mol. The topological polar surface area (TPSA) is 39.2 Å². The number of hydrogen-bond acceptors (Lipinski definition) is 4. The highest BCUT2D eigenvalue weighted by Gasteiger charge is 2.38. The molecule has 0 aliphatic heterocycles. The van der Waals surface area contributed by atoms with E-state index in [0.717, 1.165) is 40.9 Å². The number of carbonyl (C=O) groups is 1. The molecule has 0 N–H and O–H groups in total. The van der Waals surface area contributed by atoms with Crippen molar-refractivity contribution in [2.24, 2.45) is 0 Å². The summed E-state index contributed by atoms with van der Waals surface area (Å²) in [5, 5.41) is 0.905. The average molecular weight is 303 g/mol. The molecule has 0 bridgehead atoms. The summed E-state index contributed by atoms with van der Waals surface area (Å²) in [4.78, 5) is 17.4. The van der Waals surface area contributed by atoms with Crippen LogP contribution in [0.15, 0.2) is 24.3 Å². The van der Waals surface area contributed by atoms with E-state index in [1.165, 1.54) is 12.8 Å². The predicted octanol–water partition coefficient (Wildman–Crippen LogP) is 4.15. The van der Waals surface area contributed by atoms with Crippen molar-refractivity contribution >= 4 is 27.3 Å². The quantitative estimate of drug-likeness (QED) is 0.797. The van der Waals surface area contributed by atoms with Gasteiger partial charge < -0.3 is 4.74 Å². The van der Waals surface area contributed by atoms with Crippen molar-refractivity contribution in [2.75, 3.05) is 7.11 Å². The average Bonchev–Trinajstić information content (AvgIpc) is 2.74. The Morgan fingerprint density at radius 2 is 1.95 bits per heavy atom. The second kappa shape index (κ2) is 6.24. The zero-order valence-corrected chi connectivity index (χ0v) is 13.2. The molecule has 112 valence electrons. The van der Waals surface area contributed by atoms with Crippen molar-refractivity contribution in [2.45, 2.75) is 50.5 Å². The molecule has 1 saturated carbocycles. The van der Waals surface area contributed by atoms with E-state index in [2.05, 4.69) is 11.1 Å². The Morgan fingerprint density at radius 3 is 2.62 bits per heavy atom. The van der Waals surface area contributed by atoms with Gasteiger partial charge in [-0.05, 0) is 25.0 Å². The first-order valence-electron chi connectivity index (χ1n) is 7.66. The molecule has 0 spiro atoms. The molecule has 1 fully saturated rings. The smallest absolute Gasteiger partial charge is 0.171 e. The van der Waals surface area contributed by atoms with Gasteiger partial charge in [-0.25, -0.2) is 4.98 Å². The zero-order valence-electron chi connectivity index (χ0n) is 12.4. The minimum Gasteiger partial charge on any atom is -0.370 e. The molecule has 2 aromatic rings. The highest BCUT2D eigenvalue weighted by Crippen LogP contribution is 2.32. The van der Waals surface area contributed by atoms with Crippen LogP contribution in [-0.4, -0.2) is 23.5 Å². The van der Waals surface area contributed by atoms with E-state index in [0.29, 0.717) is 6.42 Å². The molecule has 0 amide bonds. The lowest BCUT2D eigenvalue weighted by molar-refractivity contribution is -0.142. The number of rotatable bonds is 4. The van der Waals surface area contributed by atoms with E-state index in [1.54, 1.807) is 18.4 Å². The fourth-order valence-corrected chi connectivity index (χ4v) is 4.16. The van der Waals surface area contributed by atoms with Gasteiger partial charge >= 0.3 is 0 Å². The molecule has 0 unspecified atom stereocenters. The molecule has 21 heavy (non-hydrogen) atoms. The summed E-state index contributed by atoms with van der Waals surface area (Å²) >= 11 is 1.62. The third-order valence-electron chi connectivity index (χ3n) is 4.46. The van der Waals surface area contributed by atoms with Gasteiger partial charge in [-0.2, -0.15) is 0 Å². The number of fused-ring (bicyclic) bond motifs is 1. The van der Waals surface area contributed by atoms with E-state index < -0.39 is 5.60 Å². The molecule has 0 atom stereocenters. The third kappa shape index (κ3) is 3.01. The number of methoxy groups -OCH3 is 1. The largest absolute Gasteiger partial charge is 0.370 e. The van der Waals surface area contributed by atoms with Crippen molar-refractivity contribution in [3.63, 3.8) is 0 Å². The van der Waals surface area contributed by atoms with Crippen molar-refractivity contribution in [3.05, 3.63) is 29.3 Å². The molecular formula is C17H21NO2S. The first-order chi connectivity index (χ1) is 10.2. The van der Waals surface area contributed by atoms with Gasteiger partial charge in [0.1, 0.15) is 10.6 Å². The fraction of sp³-hybridized carbons (Fsp3) is 0.529.